The van der Waals surface area contributed by atoms with Crippen molar-refractivity contribution in [1.29, 1.82) is 0 Å². The molecule has 0 atom stereocenters. The number of hydrogen-bond donors (Lipinski definition) is 2. The van der Waals surface area contributed by atoms with E-state index in [4.69, 9.17) is 5.73 Å². The molecule has 0 radical (unpaired) electrons. The van der Waals surface area contributed by atoms with Crippen LogP contribution in [0.1, 0.15) is 49.5 Å². The van der Waals surface area contributed by atoms with Gasteiger partial charge in [-0.15, -0.1) is 0 Å². The summed E-state index contributed by atoms with van der Waals surface area (Å²) in [4.78, 5) is 12.0. The maximum atomic E-state index is 12.0. The van der Waals surface area contributed by atoms with E-state index in [0.717, 1.165) is 29.9 Å². The van der Waals surface area contributed by atoms with Gasteiger partial charge in [-0.1, -0.05) is 31.4 Å². The second-order valence-electron chi connectivity index (χ2n) is 5.53. The SMILES string of the molecule is Nc1cccc(Cc2n[nH]c(=O)n2C2CCCCC2)c1. The second kappa shape index (κ2) is 5.53. The number of benzene rings is 1. The summed E-state index contributed by atoms with van der Waals surface area (Å²) in [6.07, 6.45) is 6.45. The van der Waals surface area contributed by atoms with Crippen LogP contribution in [0.15, 0.2) is 29.1 Å². The molecule has 0 spiro atoms. The first-order valence-corrected chi connectivity index (χ1v) is 7.24. The molecule has 20 heavy (non-hydrogen) atoms. The number of aromatic amines is 1. The zero-order chi connectivity index (χ0) is 13.9. The van der Waals surface area contributed by atoms with Crippen molar-refractivity contribution in [3.05, 3.63) is 46.1 Å². The van der Waals surface area contributed by atoms with E-state index in [1.54, 1.807) is 0 Å². The Morgan fingerprint density at radius 3 is 2.85 bits per heavy atom. The third-order valence-electron chi connectivity index (χ3n) is 4.03. The van der Waals surface area contributed by atoms with E-state index in [1.165, 1.54) is 19.3 Å². The van der Waals surface area contributed by atoms with Gasteiger partial charge < -0.3 is 5.73 Å². The third-order valence-corrected chi connectivity index (χ3v) is 4.03. The Bertz CT molecular complexity index is 637. The number of hydrogen-bond acceptors (Lipinski definition) is 3. The molecule has 0 amide bonds. The van der Waals surface area contributed by atoms with Crippen molar-refractivity contribution in [1.82, 2.24) is 14.8 Å². The molecule has 3 rings (SSSR count). The fourth-order valence-electron chi connectivity index (χ4n) is 3.06. The maximum Gasteiger partial charge on any atom is 0.343 e. The molecule has 1 heterocycles. The lowest BCUT2D eigenvalue weighted by Gasteiger charge is -2.23. The maximum absolute atomic E-state index is 12.0. The number of nitrogens with zero attached hydrogens (tertiary/aromatic N) is 2. The minimum Gasteiger partial charge on any atom is -0.399 e. The smallest absolute Gasteiger partial charge is 0.343 e. The van der Waals surface area contributed by atoms with E-state index < -0.39 is 0 Å². The minimum absolute atomic E-state index is 0.0872. The highest BCUT2D eigenvalue weighted by Gasteiger charge is 2.21. The van der Waals surface area contributed by atoms with Crippen LogP contribution in [0.5, 0.6) is 0 Å². The number of rotatable bonds is 3. The van der Waals surface area contributed by atoms with E-state index in [1.807, 2.05) is 28.8 Å². The van der Waals surface area contributed by atoms with Gasteiger partial charge in [-0.05, 0) is 30.5 Å². The predicted octanol–water partition coefficient (Wildman–Crippen LogP) is 2.25. The van der Waals surface area contributed by atoms with Gasteiger partial charge in [0.05, 0.1) is 0 Å². The molecular weight excluding hydrogens is 252 g/mol. The number of nitrogens with two attached hydrogens (primary N) is 1. The van der Waals surface area contributed by atoms with E-state index in [9.17, 15) is 4.79 Å². The Morgan fingerprint density at radius 1 is 1.30 bits per heavy atom. The average Bonchev–Trinajstić information content (AvgIpc) is 2.81. The van der Waals surface area contributed by atoms with Crippen molar-refractivity contribution in [2.75, 3.05) is 5.73 Å². The topological polar surface area (TPSA) is 76.7 Å². The molecule has 0 saturated heterocycles. The quantitative estimate of drug-likeness (QED) is 0.841. The minimum atomic E-state index is -0.0872. The zero-order valence-corrected chi connectivity index (χ0v) is 11.5. The number of nitrogens with one attached hydrogen (secondary N) is 1. The number of anilines is 1. The molecule has 0 bridgehead atoms. The van der Waals surface area contributed by atoms with Crippen LogP contribution in [0.2, 0.25) is 0 Å². The molecule has 0 aliphatic heterocycles. The standard InChI is InChI=1S/C15H20N4O/c16-12-6-4-5-11(9-12)10-14-17-18-15(20)19(14)13-7-2-1-3-8-13/h4-6,9,13H,1-3,7-8,10,16H2,(H,18,20). The Labute approximate surface area is 117 Å². The summed E-state index contributed by atoms with van der Waals surface area (Å²) in [6.45, 7) is 0. The molecule has 2 aromatic rings. The second-order valence-corrected chi connectivity index (χ2v) is 5.53. The summed E-state index contributed by atoms with van der Waals surface area (Å²) >= 11 is 0. The summed E-state index contributed by atoms with van der Waals surface area (Å²) < 4.78 is 1.85. The molecule has 5 nitrogen and oxygen atoms in total. The van der Waals surface area contributed by atoms with Gasteiger partial charge in [0.2, 0.25) is 0 Å². The summed E-state index contributed by atoms with van der Waals surface area (Å²) in [5.41, 5.74) is 7.54. The van der Waals surface area contributed by atoms with Crippen LogP contribution in [0.4, 0.5) is 5.69 Å². The van der Waals surface area contributed by atoms with Crippen LogP contribution in [0.3, 0.4) is 0 Å². The Kier molecular flexibility index (Phi) is 3.58. The van der Waals surface area contributed by atoms with Crippen molar-refractivity contribution in [2.24, 2.45) is 0 Å². The van der Waals surface area contributed by atoms with Crippen molar-refractivity contribution >= 4 is 5.69 Å². The number of H-pyrrole nitrogens is 1. The monoisotopic (exact) mass is 272 g/mol. The highest BCUT2D eigenvalue weighted by Crippen LogP contribution is 2.28. The summed E-state index contributed by atoms with van der Waals surface area (Å²) in [7, 11) is 0. The van der Waals surface area contributed by atoms with E-state index >= 15 is 0 Å². The van der Waals surface area contributed by atoms with Gasteiger partial charge in [0, 0.05) is 18.2 Å². The van der Waals surface area contributed by atoms with Crippen LogP contribution in [0, 0.1) is 0 Å². The van der Waals surface area contributed by atoms with Gasteiger partial charge in [-0.2, -0.15) is 5.10 Å². The largest absolute Gasteiger partial charge is 0.399 e. The van der Waals surface area contributed by atoms with Crippen molar-refractivity contribution in [3.63, 3.8) is 0 Å². The summed E-state index contributed by atoms with van der Waals surface area (Å²) in [5, 5.41) is 6.80. The number of aromatic nitrogens is 3. The van der Waals surface area contributed by atoms with Gasteiger partial charge in [0.1, 0.15) is 5.82 Å². The lowest BCUT2D eigenvalue weighted by atomic mass is 9.95. The molecule has 1 aliphatic carbocycles. The molecule has 3 N–H and O–H groups in total. The van der Waals surface area contributed by atoms with Gasteiger partial charge in [-0.25, -0.2) is 9.89 Å². The van der Waals surface area contributed by atoms with Crippen molar-refractivity contribution < 1.29 is 0 Å². The van der Waals surface area contributed by atoms with Crippen molar-refractivity contribution in [3.8, 4) is 0 Å². The van der Waals surface area contributed by atoms with Gasteiger partial charge in [0.15, 0.2) is 0 Å². The summed E-state index contributed by atoms with van der Waals surface area (Å²) in [5.74, 6) is 0.813. The fraction of sp³-hybridized carbons (Fsp3) is 0.467. The molecule has 1 saturated carbocycles. The van der Waals surface area contributed by atoms with E-state index in [2.05, 4.69) is 10.2 Å². The van der Waals surface area contributed by atoms with Gasteiger partial charge >= 0.3 is 5.69 Å². The highest BCUT2D eigenvalue weighted by molar-refractivity contribution is 5.41. The lowest BCUT2D eigenvalue weighted by Crippen LogP contribution is -2.26. The van der Waals surface area contributed by atoms with Crippen LogP contribution < -0.4 is 11.4 Å². The molecule has 5 heteroatoms. The van der Waals surface area contributed by atoms with Gasteiger partial charge in [0.25, 0.3) is 0 Å². The zero-order valence-electron chi connectivity index (χ0n) is 11.5. The van der Waals surface area contributed by atoms with Crippen LogP contribution in [-0.4, -0.2) is 14.8 Å². The summed E-state index contributed by atoms with van der Waals surface area (Å²) in [6, 6.07) is 8.04. The number of nitrogen functional groups attached to an aromatic ring is 1. The molecular formula is C15H20N4O. The van der Waals surface area contributed by atoms with Crippen LogP contribution >= 0.6 is 0 Å². The molecule has 1 aromatic carbocycles. The molecule has 1 fully saturated rings. The van der Waals surface area contributed by atoms with Crippen LogP contribution in [-0.2, 0) is 6.42 Å². The normalized spacial score (nSPS) is 16.4. The molecule has 106 valence electrons. The molecule has 0 unspecified atom stereocenters. The first-order valence-electron chi connectivity index (χ1n) is 7.24. The van der Waals surface area contributed by atoms with Crippen LogP contribution in [0.25, 0.3) is 0 Å². The third kappa shape index (κ3) is 2.61. The Balaban J connectivity index is 1.88. The lowest BCUT2D eigenvalue weighted by molar-refractivity contribution is 0.340. The van der Waals surface area contributed by atoms with E-state index in [0.29, 0.717) is 12.5 Å². The predicted molar refractivity (Wildman–Crippen MR) is 78.6 cm³/mol. The fourth-order valence-corrected chi connectivity index (χ4v) is 3.06. The first-order chi connectivity index (χ1) is 9.74. The Hall–Kier alpha value is -2.04. The van der Waals surface area contributed by atoms with E-state index in [-0.39, 0.29) is 5.69 Å². The highest BCUT2D eigenvalue weighted by atomic mass is 16.1. The Morgan fingerprint density at radius 2 is 2.10 bits per heavy atom. The van der Waals surface area contributed by atoms with Crippen molar-refractivity contribution in [2.45, 2.75) is 44.6 Å². The molecule has 1 aromatic heterocycles. The average molecular weight is 272 g/mol. The first kappa shape index (κ1) is 13.0. The van der Waals surface area contributed by atoms with Gasteiger partial charge in [-0.3, -0.25) is 4.57 Å². The molecule has 1 aliphatic rings.